The number of carbonyl (C=O) groups is 1. The molecule has 9 heteroatoms. The minimum absolute atomic E-state index is 0.00145. The molecule has 0 aliphatic rings. The summed E-state index contributed by atoms with van der Waals surface area (Å²) < 4.78 is 64.3. The van der Waals surface area contributed by atoms with E-state index >= 15 is 0 Å². The van der Waals surface area contributed by atoms with E-state index in [4.69, 9.17) is 0 Å². The van der Waals surface area contributed by atoms with Crippen LogP contribution >= 0.6 is 0 Å². The molecule has 0 spiro atoms. The number of sulfonamides is 1. The normalized spacial score (nSPS) is 12.0. The maximum atomic E-state index is 12.6. The van der Waals surface area contributed by atoms with Crippen LogP contribution in [0.5, 0.6) is 0 Å². The average molecular weight is 386 g/mol. The number of benzene rings is 2. The first-order valence-electron chi connectivity index (χ1n) is 7.67. The smallest absolute Gasteiger partial charge is 0.325 e. The Kier molecular flexibility index (Phi) is 6.04. The van der Waals surface area contributed by atoms with Gasteiger partial charge in [-0.15, -0.1) is 0 Å². The monoisotopic (exact) mass is 386 g/mol. The predicted molar refractivity (Wildman–Crippen MR) is 91.1 cm³/mol. The van der Waals surface area contributed by atoms with Gasteiger partial charge in [-0.1, -0.05) is 25.1 Å². The van der Waals surface area contributed by atoms with Crippen molar-refractivity contribution in [3.05, 3.63) is 59.7 Å². The highest BCUT2D eigenvalue weighted by Gasteiger charge is 2.30. The molecule has 26 heavy (non-hydrogen) atoms. The first-order valence-corrected chi connectivity index (χ1v) is 9.16. The third-order valence-corrected chi connectivity index (χ3v) is 4.96. The Hall–Kier alpha value is -2.39. The van der Waals surface area contributed by atoms with E-state index < -0.39 is 34.2 Å². The van der Waals surface area contributed by atoms with Gasteiger partial charge in [-0.05, 0) is 42.3 Å². The summed E-state index contributed by atoms with van der Waals surface area (Å²) >= 11 is 0. The van der Waals surface area contributed by atoms with E-state index in [1.54, 1.807) is 12.1 Å². The van der Waals surface area contributed by atoms with Crippen LogP contribution in [0.15, 0.2) is 53.4 Å². The SMILES string of the molecule is CCc1ccc(S(=O)(=O)NCC(=O)Nc2cccc(C(F)(F)F)c2)cc1. The van der Waals surface area contributed by atoms with Gasteiger partial charge in [-0.3, -0.25) is 4.79 Å². The standard InChI is InChI=1S/C17H17F3N2O3S/c1-2-12-6-8-15(9-7-12)26(24,25)21-11-16(23)22-14-5-3-4-13(10-14)17(18,19)20/h3-10,21H,2,11H2,1H3,(H,22,23). The number of anilines is 1. The Labute approximate surface area is 149 Å². The first kappa shape index (κ1) is 19.9. The number of nitrogens with one attached hydrogen (secondary N) is 2. The molecule has 2 N–H and O–H groups in total. The van der Waals surface area contributed by atoms with Gasteiger partial charge < -0.3 is 5.32 Å². The van der Waals surface area contributed by atoms with Crippen LogP contribution in [-0.4, -0.2) is 20.9 Å². The molecule has 5 nitrogen and oxygen atoms in total. The van der Waals surface area contributed by atoms with E-state index in [1.165, 1.54) is 18.2 Å². The van der Waals surface area contributed by atoms with Crippen molar-refractivity contribution in [2.45, 2.75) is 24.4 Å². The molecule has 0 aromatic heterocycles. The number of aryl methyl sites for hydroxylation is 1. The van der Waals surface area contributed by atoms with E-state index in [0.717, 1.165) is 30.2 Å². The summed E-state index contributed by atoms with van der Waals surface area (Å²) in [4.78, 5) is 11.8. The molecular weight excluding hydrogens is 369 g/mol. The molecule has 0 aliphatic carbocycles. The average Bonchev–Trinajstić information content (AvgIpc) is 2.60. The summed E-state index contributed by atoms with van der Waals surface area (Å²) in [6.45, 7) is 1.33. The molecule has 1 amide bonds. The van der Waals surface area contributed by atoms with Gasteiger partial charge in [0.15, 0.2) is 0 Å². The van der Waals surface area contributed by atoms with E-state index in [1.807, 2.05) is 6.92 Å². The minimum Gasteiger partial charge on any atom is -0.325 e. The van der Waals surface area contributed by atoms with Crippen molar-refractivity contribution in [3.63, 3.8) is 0 Å². The molecule has 2 rings (SSSR count). The largest absolute Gasteiger partial charge is 0.416 e. The summed E-state index contributed by atoms with van der Waals surface area (Å²) in [6.07, 6.45) is -3.78. The van der Waals surface area contributed by atoms with E-state index in [9.17, 15) is 26.4 Å². The third-order valence-electron chi connectivity index (χ3n) is 3.54. The molecule has 0 saturated carbocycles. The van der Waals surface area contributed by atoms with Crippen molar-refractivity contribution in [1.29, 1.82) is 0 Å². The van der Waals surface area contributed by atoms with Crippen LogP contribution in [0.1, 0.15) is 18.1 Å². The van der Waals surface area contributed by atoms with Crippen LogP contribution < -0.4 is 10.0 Å². The van der Waals surface area contributed by atoms with Gasteiger partial charge in [0.1, 0.15) is 0 Å². The molecule has 2 aromatic carbocycles. The Morgan fingerprint density at radius 1 is 1.08 bits per heavy atom. The maximum Gasteiger partial charge on any atom is 0.416 e. The van der Waals surface area contributed by atoms with Crippen molar-refractivity contribution in [2.75, 3.05) is 11.9 Å². The van der Waals surface area contributed by atoms with E-state index in [0.29, 0.717) is 0 Å². The first-order chi connectivity index (χ1) is 12.1. The van der Waals surface area contributed by atoms with E-state index in [-0.39, 0.29) is 10.6 Å². The zero-order chi connectivity index (χ0) is 19.4. The summed E-state index contributed by atoms with van der Waals surface area (Å²) in [5.74, 6) is -0.780. The van der Waals surface area contributed by atoms with Gasteiger partial charge in [0.05, 0.1) is 17.0 Å². The molecule has 0 heterocycles. The second kappa shape index (κ2) is 7.88. The molecule has 140 valence electrons. The van der Waals surface area contributed by atoms with Crippen molar-refractivity contribution >= 4 is 21.6 Å². The van der Waals surface area contributed by atoms with Crippen LogP contribution in [0.2, 0.25) is 0 Å². The topological polar surface area (TPSA) is 75.3 Å². The third kappa shape index (κ3) is 5.30. The summed E-state index contributed by atoms with van der Waals surface area (Å²) in [7, 11) is -3.89. The lowest BCUT2D eigenvalue weighted by Crippen LogP contribution is -2.33. The summed E-state index contributed by atoms with van der Waals surface area (Å²) in [5, 5.41) is 2.23. The van der Waals surface area contributed by atoms with Crippen molar-refractivity contribution in [3.8, 4) is 0 Å². The molecule has 0 saturated heterocycles. The highest BCUT2D eigenvalue weighted by Crippen LogP contribution is 2.30. The van der Waals surface area contributed by atoms with Crippen LogP contribution in [0.3, 0.4) is 0 Å². The Morgan fingerprint density at radius 2 is 1.73 bits per heavy atom. The molecule has 0 bridgehead atoms. The molecular formula is C17H17F3N2O3S. The van der Waals surface area contributed by atoms with Gasteiger partial charge in [0.2, 0.25) is 15.9 Å². The van der Waals surface area contributed by atoms with Gasteiger partial charge in [0.25, 0.3) is 0 Å². The number of hydrogen-bond acceptors (Lipinski definition) is 3. The molecule has 0 aliphatic heterocycles. The maximum absolute atomic E-state index is 12.6. The number of rotatable bonds is 6. The second-order valence-corrected chi connectivity index (χ2v) is 7.22. The molecule has 0 radical (unpaired) electrons. The zero-order valence-corrected chi connectivity index (χ0v) is 14.6. The minimum atomic E-state index is -4.53. The second-order valence-electron chi connectivity index (χ2n) is 5.45. The van der Waals surface area contributed by atoms with Crippen LogP contribution in [0.4, 0.5) is 18.9 Å². The predicted octanol–water partition coefficient (Wildman–Crippen LogP) is 3.18. The Balaban J connectivity index is 1.99. The van der Waals surface area contributed by atoms with Crippen LogP contribution in [0.25, 0.3) is 0 Å². The number of alkyl halides is 3. The molecule has 2 aromatic rings. The fourth-order valence-electron chi connectivity index (χ4n) is 2.13. The van der Waals surface area contributed by atoms with Crippen LogP contribution in [0, 0.1) is 0 Å². The molecule has 0 fully saturated rings. The number of hydrogen-bond donors (Lipinski definition) is 2. The Morgan fingerprint density at radius 3 is 2.31 bits per heavy atom. The summed E-state index contributed by atoms with van der Waals surface area (Å²) in [6, 6.07) is 10.3. The zero-order valence-electron chi connectivity index (χ0n) is 13.8. The number of amides is 1. The lowest BCUT2D eigenvalue weighted by atomic mass is 10.2. The lowest BCUT2D eigenvalue weighted by molar-refractivity contribution is -0.137. The van der Waals surface area contributed by atoms with Gasteiger partial charge >= 0.3 is 6.18 Å². The van der Waals surface area contributed by atoms with Gasteiger partial charge in [-0.25, -0.2) is 13.1 Å². The van der Waals surface area contributed by atoms with E-state index in [2.05, 4.69) is 10.0 Å². The quantitative estimate of drug-likeness (QED) is 0.801. The van der Waals surface area contributed by atoms with Crippen molar-refractivity contribution < 1.29 is 26.4 Å². The van der Waals surface area contributed by atoms with Crippen molar-refractivity contribution in [1.82, 2.24) is 4.72 Å². The van der Waals surface area contributed by atoms with Gasteiger partial charge in [-0.2, -0.15) is 13.2 Å². The van der Waals surface area contributed by atoms with Gasteiger partial charge in [0, 0.05) is 5.69 Å². The van der Waals surface area contributed by atoms with Crippen LogP contribution in [-0.2, 0) is 27.4 Å². The highest BCUT2D eigenvalue weighted by molar-refractivity contribution is 7.89. The molecule has 0 unspecified atom stereocenters. The number of halogens is 3. The number of carbonyl (C=O) groups excluding carboxylic acids is 1. The van der Waals surface area contributed by atoms with Crippen molar-refractivity contribution in [2.24, 2.45) is 0 Å². The fraction of sp³-hybridized carbons (Fsp3) is 0.235. The summed E-state index contributed by atoms with van der Waals surface area (Å²) in [5.41, 5.74) is -0.0190. The highest BCUT2D eigenvalue weighted by atomic mass is 32.2. The lowest BCUT2D eigenvalue weighted by Gasteiger charge is -2.11. The Bertz CT molecular complexity index is 879. The molecule has 0 atom stereocenters. The fourth-order valence-corrected chi connectivity index (χ4v) is 3.11.